The molecule has 0 saturated carbocycles. The van der Waals surface area contributed by atoms with E-state index in [1.54, 1.807) is 19.2 Å². The Morgan fingerprint density at radius 3 is 2.53 bits per heavy atom. The molecule has 1 aromatic carbocycles. The highest BCUT2D eigenvalue weighted by molar-refractivity contribution is 6.02. The molecule has 1 aliphatic rings. The molecule has 2 N–H and O–H groups in total. The average Bonchev–Trinajstić information content (AvgIpc) is 3.33. The number of halogens is 3. The van der Waals surface area contributed by atoms with Crippen molar-refractivity contribution in [3.63, 3.8) is 0 Å². The second-order valence-electron chi connectivity index (χ2n) is 7.99. The number of anilines is 1. The summed E-state index contributed by atoms with van der Waals surface area (Å²) in [5.74, 6) is 0.729. The molecule has 0 aliphatic carbocycles. The van der Waals surface area contributed by atoms with Crippen molar-refractivity contribution in [1.82, 2.24) is 25.0 Å². The third kappa shape index (κ3) is 6.75. The molecule has 0 amide bonds. The molecule has 1 fully saturated rings. The Labute approximate surface area is 204 Å². The summed E-state index contributed by atoms with van der Waals surface area (Å²) in [5, 5.41) is 3.80. The lowest BCUT2D eigenvalue weighted by Crippen LogP contribution is -2.45. The van der Waals surface area contributed by atoms with Gasteiger partial charge in [0, 0.05) is 37.9 Å². The first-order chi connectivity index (χ1) is 17.2. The SMILES string of the molecule is CC(=NCc1ccnc(N2CCN(C)CC2)n1)N=C(N)c1nc(-c2ccc(OC(F)(F)F)cc2)no1. The molecule has 0 spiro atoms. The molecule has 0 unspecified atom stereocenters. The lowest BCUT2D eigenvalue weighted by Gasteiger charge is -2.32. The second kappa shape index (κ2) is 10.7. The van der Waals surface area contributed by atoms with E-state index in [0.717, 1.165) is 44.0 Å². The maximum absolute atomic E-state index is 12.3. The van der Waals surface area contributed by atoms with Gasteiger partial charge in [-0.2, -0.15) is 4.98 Å². The maximum atomic E-state index is 12.3. The van der Waals surface area contributed by atoms with Crippen LogP contribution >= 0.6 is 0 Å². The molecule has 2 aromatic heterocycles. The molecule has 36 heavy (non-hydrogen) atoms. The largest absolute Gasteiger partial charge is 0.573 e. The van der Waals surface area contributed by atoms with Crippen LogP contribution in [0.25, 0.3) is 11.4 Å². The quantitative estimate of drug-likeness (QED) is 0.398. The van der Waals surface area contributed by atoms with Crippen LogP contribution in [0.1, 0.15) is 18.5 Å². The smallest absolute Gasteiger partial charge is 0.406 e. The fourth-order valence-corrected chi connectivity index (χ4v) is 3.33. The van der Waals surface area contributed by atoms with E-state index in [1.807, 2.05) is 0 Å². The van der Waals surface area contributed by atoms with Crippen molar-refractivity contribution >= 4 is 17.6 Å². The molecule has 3 aromatic rings. The summed E-state index contributed by atoms with van der Waals surface area (Å²) in [6, 6.07) is 6.82. The third-order valence-electron chi connectivity index (χ3n) is 5.23. The van der Waals surface area contributed by atoms with Gasteiger partial charge in [0.2, 0.25) is 11.8 Å². The summed E-state index contributed by atoms with van der Waals surface area (Å²) in [6.45, 7) is 5.59. The van der Waals surface area contributed by atoms with Crippen LogP contribution in [0.15, 0.2) is 51.0 Å². The van der Waals surface area contributed by atoms with Crippen LogP contribution in [-0.4, -0.2) is 76.3 Å². The predicted octanol–water partition coefficient (Wildman–Crippen LogP) is 2.50. The number of benzene rings is 1. The summed E-state index contributed by atoms with van der Waals surface area (Å²) in [5.41, 5.74) is 7.13. The number of ether oxygens (including phenoxy) is 1. The molecular weight excluding hydrogens is 479 g/mol. The number of hydrogen-bond acceptors (Lipinski definition) is 9. The lowest BCUT2D eigenvalue weighted by molar-refractivity contribution is -0.274. The van der Waals surface area contributed by atoms with Gasteiger partial charge in [-0.25, -0.2) is 15.0 Å². The molecule has 1 saturated heterocycles. The molecular formula is C22H24F3N9O2. The number of nitrogens with zero attached hydrogens (tertiary/aromatic N) is 8. The van der Waals surface area contributed by atoms with Crippen LogP contribution in [0, 0.1) is 0 Å². The van der Waals surface area contributed by atoms with Gasteiger partial charge in [0.15, 0.2) is 5.84 Å². The van der Waals surface area contributed by atoms with E-state index in [9.17, 15) is 13.2 Å². The standard InChI is InChI=1S/C22H24F3N9O2/c1-14(28-13-16-7-8-27-21(30-16)34-11-9-33(2)10-12-34)29-18(26)20-31-19(32-36-20)15-3-5-17(6-4-15)35-22(23,24)25/h3-8H,9-13H2,1-2H3,(H2,26,28,29). The van der Waals surface area contributed by atoms with Crippen LogP contribution < -0.4 is 15.4 Å². The van der Waals surface area contributed by atoms with E-state index in [-0.39, 0.29) is 29.8 Å². The van der Waals surface area contributed by atoms with Gasteiger partial charge in [-0.1, -0.05) is 5.16 Å². The van der Waals surface area contributed by atoms with Gasteiger partial charge < -0.3 is 24.8 Å². The van der Waals surface area contributed by atoms with E-state index in [2.05, 4.69) is 51.7 Å². The minimum Gasteiger partial charge on any atom is -0.406 e. The number of hydrogen-bond donors (Lipinski definition) is 1. The van der Waals surface area contributed by atoms with Gasteiger partial charge in [-0.15, -0.1) is 13.2 Å². The lowest BCUT2D eigenvalue weighted by atomic mass is 10.2. The van der Waals surface area contributed by atoms with Crippen LogP contribution in [0.3, 0.4) is 0 Å². The molecule has 11 nitrogen and oxygen atoms in total. The molecule has 4 rings (SSSR count). The van der Waals surface area contributed by atoms with Gasteiger partial charge in [0.1, 0.15) is 11.6 Å². The fraction of sp³-hybridized carbons (Fsp3) is 0.364. The first kappa shape index (κ1) is 25.0. The number of aromatic nitrogens is 4. The monoisotopic (exact) mass is 503 g/mol. The Balaban J connectivity index is 1.39. The number of rotatable bonds is 6. The minimum atomic E-state index is -4.77. The maximum Gasteiger partial charge on any atom is 0.573 e. The summed E-state index contributed by atoms with van der Waals surface area (Å²) in [6.07, 6.45) is -3.06. The van der Waals surface area contributed by atoms with Crippen molar-refractivity contribution in [1.29, 1.82) is 0 Å². The normalized spacial score (nSPS) is 15.9. The van der Waals surface area contributed by atoms with Crippen LogP contribution in [0.4, 0.5) is 19.1 Å². The first-order valence-corrected chi connectivity index (χ1v) is 11.0. The second-order valence-corrected chi connectivity index (χ2v) is 7.99. The van der Waals surface area contributed by atoms with Crippen molar-refractivity contribution in [2.75, 3.05) is 38.1 Å². The predicted molar refractivity (Wildman–Crippen MR) is 126 cm³/mol. The Morgan fingerprint density at radius 1 is 1.11 bits per heavy atom. The van der Waals surface area contributed by atoms with Crippen molar-refractivity contribution in [2.24, 2.45) is 15.7 Å². The fourth-order valence-electron chi connectivity index (χ4n) is 3.33. The van der Waals surface area contributed by atoms with Crippen LogP contribution in [0.2, 0.25) is 0 Å². The zero-order chi connectivity index (χ0) is 25.7. The van der Waals surface area contributed by atoms with Crippen molar-refractivity contribution < 1.29 is 22.4 Å². The highest BCUT2D eigenvalue weighted by Gasteiger charge is 2.31. The number of piperazine rings is 1. The zero-order valence-corrected chi connectivity index (χ0v) is 19.6. The summed E-state index contributed by atoms with van der Waals surface area (Å²) >= 11 is 0. The Kier molecular flexibility index (Phi) is 7.43. The first-order valence-electron chi connectivity index (χ1n) is 11.0. The number of alkyl halides is 3. The van der Waals surface area contributed by atoms with Gasteiger partial charge in [-0.05, 0) is 44.3 Å². The molecule has 0 bridgehead atoms. The molecule has 190 valence electrons. The zero-order valence-electron chi connectivity index (χ0n) is 19.6. The summed E-state index contributed by atoms with van der Waals surface area (Å²) in [7, 11) is 2.09. The third-order valence-corrected chi connectivity index (χ3v) is 5.23. The highest BCUT2D eigenvalue weighted by Crippen LogP contribution is 2.25. The van der Waals surface area contributed by atoms with Crippen LogP contribution in [-0.2, 0) is 6.54 Å². The number of likely N-dealkylation sites (N-methyl/N-ethyl adjacent to an activating group) is 1. The van der Waals surface area contributed by atoms with Crippen molar-refractivity contribution in [2.45, 2.75) is 19.8 Å². The molecule has 0 atom stereocenters. The molecule has 1 aliphatic heterocycles. The van der Waals surface area contributed by atoms with Crippen molar-refractivity contribution in [3.05, 3.63) is 48.1 Å². The summed E-state index contributed by atoms with van der Waals surface area (Å²) in [4.78, 5) is 26.1. The topological polar surface area (TPSA) is 131 Å². The average molecular weight is 503 g/mol. The highest BCUT2D eigenvalue weighted by atomic mass is 19.4. The van der Waals surface area contributed by atoms with Gasteiger partial charge in [-0.3, -0.25) is 4.99 Å². The molecule has 14 heteroatoms. The van der Waals surface area contributed by atoms with E-state index >= 15 is 0 Å². The molecule has 3 heterocycles. The minimum absolute atomic E-state index is 0.0467. The van der Waals surface area contributed by atoms with Gasteiger partial charge in [0.05, 0.1) is 12.2 Å². The van der Waals surface area contributed by atoms with Crippen LogP contribution in [0.5, 0.6) is 5.75 Å². The van der Waals surface area contributed by atoms with Gasteiger partial charge in [0.25, 0.3) is 5.89 Å². The van der Waals surface area contributed by atoms with E-state index < -0.39 is 6.36 Å². The number of nitrogens with two attached hydrogens (primary N) is 1. The number of aliphatic imine (C=N–C) groups is 2. The van der Waals surface area contributed by atoms with Gasteiger partial charge >= 0.3 is 6.36 Å². The van der Waals surface area contributed by atoms with E-state index in [0.29, 0.717) is 17.3 Å². The van der Waals surface area contributed by atoms with E-state index in [1.165, 1.54) is 12.1 Å². The summed E-state index contributed by atoms with van der Waals surface area (Å²) < 4.78 is 45.9. The number of amidine groups is 2. The Hall–Kier alpha value is -4.07. The molecule has 0 radical (unpaired) electrons. The van der Waals surface area contributed by atoms with Crippen molar-refractivity contribution in [3.8, 4) is 17.1 Å². The Bertz CT molecular complexity index is 1230. The van der Waals surface area contributed by atoms with E-state index in [4.69, 9.17) is 10.3 Å². The Morgan fingerprint density at radius 2 is 1.83 bits per heavy atom.